The molecule has 0 aliphatic heterocycles. The lowest BCUT2D eigenvalue weighted by Gasteiger charge is -2.34. The Bertz CT molecular complexity index is 346. The van der Waals surface area contributed by atoms with E-state index in [1.807, 2.05) is 23.4 Å². The topological polar surface area (TPSA) is 20.3 Å². The molecular weight excluding hydrogens is 262 g/mol. The highest BCUT2D eigenvalue weighted by Crippen LogP contribution is 2.28. The maximum atomic E-state index is 12.0. The van der Waals surface area contributed by atoms with Crippen molar-refractivity contribution in [2.24, 2.45) is 0 Å². The van der Waals surface area contributed by atoms with Gasteiger partial charge >= 0.3 is 0 Å². The number of carbonyl (C=O) groups is 1. The monoisotopic (exact) mass is 273 g/mol. The standard InChI is InChI=1S/C10H12BrNOS/c1-12(7-3-2-4-7)10(13)9-8(11)5-6-14-9/h5-7H,2-4H2,1H3. The van der Waals surface area contributed by atoms with Crippen molar-refractivity contribution >= 4 is 33.2 Å². The Hall–Kier alpha value is -0.350. The van der Waals surface area contributed by atoms with Crippen LogP contribution in [0.2, 0.25) is 0 Å². The Labute approximate surface area is 96.0 Å². The van der Waals surface area contributed by atoms with E-state index < -0.39 is 0 Å². The lowest BCUT2D eigenvalue weighted by atomic mass is 9.92. The van der Waals surface area contributed by atoms with Gasteiger partial charge in [0, 0.05) is 17.6 Å². The molecular formula is C10H12BrNOS. The summed E-state index contributed by atoms with van der Waals surface area (Å²) in [5.74, 6) is 0.150. The number of nitrogens with zero attached hydrogens (tertiary/aromatic N) is 1. The van der Waals surface area contributed by atoms with E-state index in [4.69, 9.17) is 0 Å². The molecule has 0 unspecified atom stereocenters. The number of carbonyl (C=O) groups excluding carboxylic acids is 1. The van der Waals surface area contributed by atoms with Crippen molar-refractivity contribution in [2.45, 2.75) is 25.3 Å². The van der Waals surface area contributed by atoms with Crippen molar-refractivity contribution in [1.29, 1.82) is 0 Å². The summed E-state index contributed by atoms with van der Waals surface area (Å²) in [4.78, 5) is 14.7. The van der Waals surface area contributed by atoms with Crippen molar-refractivity contribution in [3.05, 3.63) is 20.8 Å². The van der Waals surface area contributed by atoms with E-state index >= 15 is 0 Å². The molecule has 1 amide bonds. The first kappa shape index (κ1) is 10.2. The Balaban J connectivity index is 2.11. The smallest absolute Gasteiger partial charge is 0.265 e. The molecule has 1 fully saturated rings. The van der Waals surface area contributed by atoms with Crippen LogP contribution in [0.4, 0.5) is 0 Å². The zero-order valence-electron chi connectivity index (χ0n) is 8.00. The second-order valence-electron chi connectivity index (χ2n) is 3.60. The first-order valence-electron chi connectivity index (χ1n) is 4.70. The molecule has 0 bridgehead atoms. The van der Waals surface area contributed by atoms with Crippen LogP contribution in [0.15, 0.2) is 15.9 Å². The third kappa shape index (κ3) is 1.73. The third-order valence-corrected chi connectivity index (χ3v) is 4.58. The summed E-state index contributed by atoms with van der Waals surface area (Å²) in [6.07, 6.45) is 3.57. The van der Waals surface area contributed by atoms with Gasteiger partial charge in [-0.25, -0.2) is 0 Å². The van der Waals surface area contributed by atoms with Gasteiger partial charge in [-0.05, 0) is 46.6 Å². The maximum Gasteiger partial charge on any atom is 0.265 e. The summed E-state index contributed by atoms with van der Waals surface area (Å²) in [7, 11) is 1.90. The fourth-order valence-corrected chi connectivity index (χ4v) is 3.07. The molecule has 76 valence electrons. The van der Waals surface area contributed by atoms with E-state index in [0.717, 1.165) is 22.2 Å². The van der Waals surface area contributed by atoms with Gasteiger partial charge in [0.05, 0.1) is 0 Å². The molecule has 1 aromatic rings. The van der Waals surface area contributed by atoms with Gasteiger partial charge in [0.25, 0.3) is 5.91 Å². The molecule has 0 spiro atoms. The molecule has 0 saturated heterocycles. The van der Waals surface area contributed by atoms with Crippen molar-refractivity contribution in [1.82, 2.24) is 4.90 Å². The fraction of sp³-hybridized carbons (Fsp3) is 0.500. The van der Waals surface area contributed by atoms with Gasteiger partial charge in [-0.2, -0.15) is 0 Å². The van der Waals surface area contributed by atoms with Gasteiger partial charge in [0.1, 0.15) is 4.88 Å². The summed E-state index contributed by atoms with van der Waals surface area (Å²) in [5.41, 5.74) is 0. The lowest BCUT2D eigenvalue weighted by molar-refractivity contribution is 0.0656. The van der Waals surface area contributed by atoms with Crippen LogP contribution in [-0.4, -0.2) is 23.9 Å². The van der Waals surface area contributed by atoms with Crippen molar-refractivity contribution in [2.75, 3.05) is 7.05 Å². The number of halogens is 1. The molecule has 4 heteroatoms. The van der Waals surface area contributed by atoms with Crippen LogP contribution < -0.4 is 0 Å². The van der Waals surface area contributed by atoms with E-state index in [-0.39, 0.29) is 5.91 Å². The summed E-state index contributed by atoms with van der Waals surface area (Å²) in [6.45, 7) is 0. The van der Waals surface area contributed by atoms with Crippen molar-refractivity contribution in [3.8, 4) is 0 Å². The molecule has 2 nitrogen and oxygen atoms in total. The van der Waals surface area contributed by atoms with E-state index in [9.17, 15) is 4.79 Å². The van der Waals surface area contributed by atoms with Gasteiger partial charge in [0.15, 0.2) is 0 Å². The summed E-state index contributed by atoms with van der Waals surface area (Å²) >= 11 is 4.89. The molecule has 1 heterocycles. The largest absolute Gasteiger partial charge is 0.338 e. The number of hydrogen-bond donors (Lipinski definition) is 0. The summed E-state index contributed by atoms with van der Waals surface area (Å²) < 4.78 is 0.915. The Morgan fingerprint density at radius 1 is 1.64 bits per heavy atom. The van der Waals surface area contributed by atoms with Crippen molar-refractivity contribution in [3.63, 3.8) is 0 Å². The molecule has 1 saturated carbocycles. The van der Waals surface area contributed by atoms with Crippen LogP contribution >= 0.6 is 27.3 Å². The van der Waals surface area contributed by atoms with Crippen LogP contribution in [0, 0.1) is 0 Å². The van der Waals surface area contributed by atoms with Crippen LogP contribution in [0.5, 0.6) is 0 Å². The number of hydrogen-bond acceptors (Lipinski definition) is 2. The molecule has 0 atom stereocenters. The predicted octanol–water partition coefficient (Wildman–Crippen LogP) is 3.14. The molecule has 0 N–H and O–H groups in total. The minimum Gasteiger partial charge on any atom is -0.338 e. The number of amides is 1. The Morgan fingerprint density at radius 3 is 2.79 bits per heavy atom. The highest BCUT2D eigenvalue weighted by atomic mass is 79.9. The second kappa shape index (κ2) is 4.03. The van der Waals surface area contributed by atoms with E-state index in [1.54, 1.807) is 0 Å². The summed E-state index contributed by atoms with van der Waals surface area (Å²) in [5, 5.41) is 1.94. The molecule has 14 heavy (non-hydrogen) atoms. The molecule has 1 aliphatic rings. The number of thiophene rings is 1. The van der Waals surface area contributed by atoms with Gasteiger partial charge in [0.2, 0.25) is 0 Å². The number of rotatable bonds is 2. The van der Waals surface area contributed by atoms with Gasteiger partial charge in [-0.15, -0.1) is 11.3 Å². The lowest BCUT2D eigenvalue weighted by Crippen LogP contribution is -2.41. The predicted molar refractivity (Wildman–Crippen MR) is 61.8 cm³/mol. The minimum absolute atomic E-state index is 0.150. The normalized spacial score (nSPS) is 16.4. The summed E-state index contributed by atoms with van der Waals surface area (Å²) in [6, 6.07) is 2.39. The third-order valence-electron chi connectivity index (χ3n) is 2.75. The zero-order valence-corrected chi connectivity index (χ0v) is 10.4. The SMILES string of the molecule is CN(C(=O)c1sccc1Br)C1CCC1. The highest BCUT2D eigenvalue weighted by Gasteiger charge is 2.27. The van der Waals surface area contributed by atoms with E-state index in [2.05, 4.69) is 15.9 Å². The first-order valence-corrected chi connectivity index (χ1v) is 6.37. The van der Waals surface area contributed by atoms with Gasteiger partial charge < -0.3 is 4.90 Å². The van der Waals surface area contributed by atoms with E-state index in [1.165, 1.54) is 17.8 Å². The van der Waals surface area contributed by atoms with Gasteiger partial charge in [-0.3, -0.25) is 4.79 Å². The Kier molecular flexibility index (Phi) is 2.93. The fourth-order valence-electron chi connectivity index (χ4n) is 1.55. The molecule has 0 aromatic carbocycles. The van der Waals surface area contributed by atoms with Crippen LogP contribution in [-0.2, 0) is 0 Å². The quantitative estimate of drug-likeness (QED) is 0.811. The Morgan fingerprint density at radius 2 is 2.36 bits per heavy atom. The molecule has 1 aromatic heterocycles. The molecule has 2 rings (SSSR count). The zero-order chi connectivity index (χ0) is 10.1. The molecule has 1 aliphatic carbocycles. The highest BCUT2D eigenvalue weighted by molar-refractivity contribution is 9.10. The average molecular weight is 274 g/mol. The van der Waals surface area contributed by atoms with E-state index in [0.29, 0.717) is 6.04 Å². The maximum absolute atomic E-state index is 12.0. The minimum atomic E-state index is 0.150. The van der Waals surface area contributed by atoms with Crippen LogP contribution in [0.3, 0.4) is 0 Å². The van der Waals surface area contributed by atoms with Crippen molar-refractivity contribution < 1.29 is 4.79 Å². The average Bonchev–Trinajstić information content (AvgIpc) is 2.47. The second-order valence-corrected chi connectivity index (χ2v) is 5.37. The van der Waals surface area contributed by atoms with Gasteiger partial charge in [-0.1, -0.05) is 0 Å². The van der Waals surface area contributed by atoms with Crippen LogP contribution in [0.25, 0.3) is 0 Å². The van der Waals surface area contributed by atoms with Crippen LogP contribution in [0.1, 0.15) is 28.9 Å². The first-order chi connectivity index (χ1) is 6.70. The molecule has 0 radical (unpaired) electrons.